The molecular weight excluding hydrogens is 280 g/mol. The third kappa shape index (κ3) is 2.09. The minimum atomic E-state index is -3.48. The standard InChI is InChI=1S/C13H10N2O2S2/c14-13-15-11-7-6-10(8-12(11)18-13)19(16,17)9-4-2-1-3-5-9/h1-8H,(H2,14,15). The normalized spacial score (nSPS) is 11.8. The average molecular weight is 290 g/mol. The summed E-state index contributed by atoms with van der Waals surface area (Å²) in [6.07, 6.45) is 0. The summed E-state index contributed by atoms with van der Waals surface area (Å²) in [4.78, 5) is 4.65. The lowest BCUT2D eigenvalue weighted by Crippen LogP contribution is -2.01. The summed E-state index contributed by atoms with van der Waals surface area (Å²) >= 11 is 1.28. The zero-order valence-corrected chi connectivity index (χ0v) is 11.4. The molecule has 3 aromatic rings. The van der Waals surface area contributed by atoms with Gasteiger partial charge in [0.05, 0.1) is 20.0 Å². The topological polar surface area (TPSA) is 73.0 Å². The second-order valence-electron chi connectivity index (χ2n) is 4.00. The first-order chi connectivity index (χ1) is 9.07. The van der Waals surface area contributed by atoms with Crippen molar-refractivity contribution in [3.63, 3.8) is 0 Å². The molecule has 96 valence electrons. The first kappa shape index (κ1) is 12.1. The Balaban J connectivity index is 2.18. The maximum absolute atomic E-state index is 12.4. The van der Waals surface area contributed by atoms with Crippen LogP contribution in [0.3, 0.4) is 0 Å². The Morgan fingerprint density at radius 3 is 2.47 bits per heavy atom. The number of hydrogen-bond donors (Lipinski definition) is 1. The van der Waals surface area contributed by atoms with Crippen molar-refractivity contribution in [2.45, 2.75) is 9.79 Å². The van der Waals surface area contributed by atoms with Crippen molar-refractivity contribution in [2.75, 3.05) is 5.73 Å². The van der Waals surface area contributed by atoms with Gasteiger partial charge in [-0.1, -0.05) is 29.5 Å². The Morgan fingerprint density at radius 1 is 1.00 bits per heavy atom. The van der Waals surface area contributed by atoms with Crippen molar-refractivity contribution < 1.29 is 8.42 Å². The number of benzene rings is 2. The Bertz CT molecular complexity index is 839. The zero-order valence-electron chi connectivity index (χ0n) is 9.78. The summed E-state index contributed by atoms with van der Waals surface area (Å²) in [6.45, 7) is 0. The molecular formula is C13H10N2O2S2. The van der Waals surface area contributed by atoms with E-state index in [-0.39, 0.29) is 9.79 Å². The van der Waals surface area contributed by atoms with Gasteiger partial charge in [0.25, 0.3) is 0 Å². The second-order valence-corrected chi connectivity index (χ2v) is 7.01. The van der Waals surface area contributed by atoms with E-state index in [4.69, 9.17) is 5.73 Å². The molecule has 0 radical (unpaired) electrons. The van der Waals surface area contributed by atoms with Gasteiger partial charge in [0.1, 0.15) is 0 Å². The molecule has 0 atom stereocenters. The number of aromatic nitrogens is 1. The van der Waals surface area contributed by atoms with Crippen LogP contribution in [0.4, 0.5) is 5.13 Å². The fraction of sp³-hybridized carbons (Fsp3) is 0. The minimum Gasteiger partial charge on any atom is -0.375 e. The van der Waals surface area contributed by atoms with Crippen LogP contribution in [0, 0.1) is 0 Å². The second kappa shape index (κ2) is 4.32. The number of fused-ring (bicyclic) bond motifs is 1. The van der Waals surface area contributed by atoms with Crippen LogP contribution in [0.2, 0.25) is 0 Å². The molecule has 0 aliphatic rings. The van der Waals surface area contributed by atoms with Crippen molar-refractivity contribution in [3.8, 4) is 0 Å². The molecule has 0 aliphatic heterocycles. The molecule has 2 N–H and O–H groups in total. The highest BCUT2D eigenvalue weighted by molar-refractivity contribution is 7.91. The molecule has 0 aliphatic carbocycles. The molecule has 0 saturated carbocycles. The predicted octanol–water partition coefficient (Wildman–Crippen LogP) is 2.71. The average Bonchev–Trinajstić information content (AvgIpc) is 2.78. The summed E-state index contributed by atoms with van der Waals surface area (Å²) in [5, 5.41) is 0.434. The summed E-state index contributed by atoms with van der Waals surface area (Å²) in [5.74, 6) is 0. The van der Waals surface area contributed by atoms with Gasteiger partial charge in [0.2, 0.25) is 9.84 Å². The van der Waals surface area contributed by atoms with Gasteiger partial charge in [-0.3, -0.25) is 0 Å². The van der Waals surface area contributed by atoms with Gasteiger partial charge >= 0.3 is 0 Å². The fourth-order valence-corrected chi connectivity index (χ4v) is 3.98. The van der Waals surface area contributed by atoms with Gasteiger partial charge in [-0.25, -0.2) is 13.4 Å². The molecule has 0 fully saturated rings. The summed E-state index contributed by atoms with van der Waals surface area (Å²) in [5.41, 5.74) is 6.34. The lowest BCUT2D eigenvalue weighted by atomic mass is 10.3. The molecule has 0 amide bonds. The van der Waals surface area contributed by atoms with Crippen LogP contribution in [-0.2, 0) is 9.84 Å². The van der Waals surface area contributed by atoms with Crippen LogP contribution < -0.4 is 5.73 Å². The monoisotopic (exact) mass is 290 g/mol. The smallest absolute Gasteiger partial charge is 0.206 e. The van der Waals surface area contributed by atoms with E-state index in [0.29, 0.717) is 5.13 Å². The number of rotatable bonds is 2. The summed E-state index contributed by atoms with van der Waals surface area (Å²) in [7, 11) is -3.48. The van der Waals surface area contributed by atoms with Gasteiger partial charge in [0.15, 0.2) is 5.13 Å². The van der Waals surface area contributed by atoms with Crippen LogP contribution in [0.5, 0.6) is 0 Å². The van der Waals surface area contributed by atoms with Crippen LogP contribution in [-0.4, -0.2) is 13.4 Å². The minimum absolute atomic E-state index is 0.259. The number of hydrogen-bond acceptors (Lipinski definition) is 5. The molecule has 0 saturated heterocycles. The number of nitrogens with zero attached hydrogens (tertiary/aromatic N) is 1. The van der Waals surface area contributed by atoms with Gasteiger partial charge < -0.3 is 5.73 Å². The first-order valence-electron chi connectivity index (χ1n) is 5.53. The highest BCUT2D eigenvalue weighted by atomic mass is 32.2. The van der Waals surface area contributed by atoms with Gasteiger partial charge in [-0.15, -0.1) is 0 Å². The van der Waals surface area contributed by atoms with Gasteiger partial charge in [-0.05, 0) is 30.3 Å². The number of anilines is 1. The number of thiazole rings is 1. The van der Waals surface area contributed by atoms with E-state index in [1.165, 1.54) is 11.3 Å². The predicted molar refractivity (Wildman–Crippen MR) is 75.9 cm³/mol. The number of sulfone groups is 1. The highest BCUT2D eigenvalue weighted by Crippen LogP contribution is 2.28. The lowest BCUT2D eigenvalue weighted by molar-refractivity contribution is 0.596. The Morgan fingerprint density at radius 2 is 1.74 bits per heavy atom. The maximum Gasteiger partial charge on any atom is 0.206 e. The summed E-state index contributed by atoms with van der Waals surface area (Å²) in [6, 6.07) is 13.2. The van der Waals surface area contributed by atoms with E-state index < -0.39 is 9.84 Å². The largest absolute Gasteiger partial charge is 0.375 e. The number of nitrogen functional groups attached to an aromatic ring is 1. The SMILES string of the molecule is Nc1nc2ccc(S(=O)(=O)c3ccccc3)cc2s1. The lowest BCUT2D eigenvalue weighted by Gasteiger charge is -2.03. The molecule has 3 rings (SSSR count). The van der Waals surface area contributed by atoms with E-state index in [1.54, 1.807) is 48.5 Å². The fourth-order valence-electron chi connectivity index (χ4n) is 1.83. The van der Waals surface area contributed by atoms with Crippen molar-refractivity contribution in [1.29, 1.82) is 0 Å². The van der Waals surface area contributed by atoms with E-state index in [0.717, 1.165) is 10.2 Å². The Kier molecular flexibility index (Phi) is 2.76. The third-order valence-electron chi connectivity index (χ3n) is 2.74. The van der Waals surface area contributed by atoms with Crippen LogP contribution in [0.25, 0.3) is 10.2 Å². The molecule has 1 heterocycles. The molecule has 0 unspecified atom stereocenters. The third-order valence-corrected chi connectivity index (χ3v) is 5.35. The van der Waals surface area contributed by atoms with E-state index in [9.17, 15) is 8.42 Å². The van der Waals surface area contributed by atoms with Gasteiger partial charge in [0, 0.05) is 0 Å². The molecule has 0 bridgehead atoms. The van der Waals surface area contributed by atoms with Gasteiger partial charge in [-0.2, -0.15) is 0 Å². The van der Waals surface area contributed by atoms with Crippen LogP contribution in [0.1, 0.15) is 0 Å². The first-order valence-corrected chi connectivity index (χ1v) is 7.83. The van der Waals surface area contributed by atoms with E-state index >= 15 is 0 Å². The maximum atomic E-state index is 12.4. The van der Waals surface area contributed by atoms with Crippen LogP contribution in [0.15, 0.2) is 58.3 Å². The molecule has 1 aromatic heterocycles. The zero-order chi connectivity index (χ0) is 13.5. The number of nitrogens with two attached hydrogens (primary N) is 1. The molecule has 4 nitrogen and oxygen atoms in total. The van der Waals surface area contributed by atoms with Crippen molar-refractivity contribution >= 4 is 36.5 Å². The highest BCUT2D eigenvalue weighted by Gasteiger charge is 2.18. The molecule has 2 aromatic carbocycles. The molecule has 19 heavy (non-hydrogen) atoms. The van der Waals surface area contributed by atoms with Crippen molar-refractivity contribution in [1.82, 2.24) is 4.98 Å². The Labute approximate surface area is 114 Å². The molecule has 0 spiro atoms. The Hall–Kier alpha value is -1.92. The molecule has 6 heteroatoms. The quantitative estimate of drug-likeness (QED) is 0.787. The van der Waals surface area contributed by atoms with Crippen molar-refractivity contribution in [2.24, 2.45) is 0 Å². The van der Waals surface area contributed by atoms with E-state index in [2.05, 4.69) is 4.98 Å². The van der Waals surface area contributed by atoms with E-state index in [1.807, 2.05) is 0 Å². The summed E-state index contributed by atoms with van der Waals surface area (Å²) < 4.78 is 25.6. The van der Waals surface area contributed by atoms with Crippen LogP contribution >= 0.6 is 11.3 Å². The van der Waals surface area contributed by atoms with Crippen molar-refractivity contribution in [3.05, 3.63) is 48.5 Å².